The summed E-state index contributed by atoms with van der Waals surface area (Å²) in [6.45, 7) is 1.65. The molecule has 1 rings (SSSR count). The molecule has 0 heterocycles. The van der Waals surface area contributed by atoms with Crippen molar-refractivity contribution in [2.45, 2.75) is 19.5 Å². The first kappa shape index (κ1) is 16.7. The number of rotatable bonds is 4. The lowest BCUT2D eigenvalue weighted by atomic mass is 10.3. The van der Waals surface area contributed by atoms with Crippen LogP contribution < -0.4 is 0 Å². The standard InChI is InChI=1S/C14H14F3NO3/c1-3-7-11(12(19)20-2)21-13(14(15,16)17)18-10-8-5-4-6-9-10/h4-9H,3H2,1-2H3/b11-7+,18-13?. The number of halogens is 3. The molecule has 0 saturated heterocycles. The highest BCUT2D eigenvalue weighted by molar-refractivity contribution is 5.93. The number of nitrogens with zero attached hydrogens (tertiary/aromatic N) is 1. The number of allylic oxidation sites excluding steroid dienone is 1. The third-order valence-electron chi connectivity index (χ3n) is 2.21. The van der Waals surface area contributed by atoms with Crippen LogP contribution in [-0.2, 0) is 14.3 Å². The zero-order valence-corrected chi connectivity index (χ0v) is 11.5. The molecule has 0 aliphatic carbocycles. The summed E-state index contributed by atoms with van der Waals surface area (Å²) in [6, 6.07) is 7.49. The average Bonchev–Trinajstić information content (AvgIpc) is 2.45. The fraction of sp³-hybridized carbons (Fsp3) is 0.286. The molecule has 1 aromatic carbocycles. The molecular weight excluding hydrogens is 287 g/mol. The molecule has 0 aromatic heterocycles. The fourth-order valence-corrected chi connectivity index (χ4v) is 1.32. The van der Waals surface area contributed by atoms with Crippen molar-refractivity contribution < 1.29 is 27.4 Å². The lowest BCUT2D eigenvalue weighted by Gasteiger charge is -2.13. The maximum atomic E-state index is 12.9. The van der Waals surface area contributed by atoms with Gasteiger partial charge in [-0.2, -0.15) is 13.2 Å². The van der Waals surface area contributed by atoms with Crippen molar-refractivity contribution >= 4 is 17.6 Å². The van der Waals surface area contributed by atoms with Gasteiger partial charge in [-0.05, 0) is 24.6 Å². The quantitative estimate of drug-likeness (QED) is 0.280. The molecule has 0 fully saturated rings. The summed E-state index contributed by atoms with van der Waals surface area (Å²) in [5.41, 5.74) is 0.0607. The summed E-state index contributed by atoms with van der Waals surface area (Å²) in [5.74, 6) is -3.08. The van der Waals surface area contributed by atoms with Crippen LogP contribution in [0.25, 0.3) is 0 Å². The van der Waals surface area contributed by atoms with E-state index >= 15 is 0 Å². The van der Waals surface area contributed by atoms with Crippen LogP contribution in [0, 0.1) is 0 Å². The van der Waals surface area contributed by atoms with Crippen LogP contribution in [0.5, 0.6) is 0 Å². The predicted octanol–water partition coefficient (Wildman–Crippen LogP) is 3.76. The predicted molar refractivity (Wildman–Crippen MR) is 71.1 cm³/mol. The molecule has 0 saturated carbocycles. The molecular formula is C14H14F3NO3. The Kier molecular flexibility index (Phi) is 5.95. The molecule has 4 nitrogen and oxygen atoms in total. The van der Waals surface area contributed by atoms with E-state index in [-0.39, 0.29) is 5.69 Å². The van der Waals surface area contributed by atoms with Gasteiger partial charge in [-0.15, -0.1) is 0 Å². The summed E-state index contributed by atoms with van der Waals surface area (Å²) in [6.07, 6.45) is -3.34. The van der Waals surface area contributed by atoms with Crippen LogP contribution in [0.2, 0.25) is 0 Å². The third kappa shape index (κ3) is 5.29. The van der Waals surface area contributed by atoms with E-state index < -0.39 is 23.8 Å². The Morgan fingerprint density at radius 1 is 1.29 bits per heavy atom. The van der Waals surface area contributed by atoms with Crippen LogP contribution in [0.1, 0.15) is 13.3 Å². The highest BCUT2D eigenvalue weighted by Crippen LogP contribution is 2.24. The van der Waals surface area contributed by atoms with Crippen molar-refractivity contribution in [2.24, 2.45) is 4.99 Å². The Hall–Kier alpha value is -2.31. The number of aliphatic imine (C=N–C) groups is 1. The number of methoxy groups -OCH3 is 1. The van der Waals surface area contributed by atoms with Crippen molar-refractivity contribution in [1.29, 1.82) is 0 Å². The second-order valence-electron chi connectivity index (χ2n) is 3.82. The maximum absolute atomic E-state index is 12.9. The van der Waals surface area contributed by atoms with Gasteiger partial charge in [0.2, 0.25) is 5.76 Å². The Morgan fingerprint density at radius 3 is 2.38 bits per heavy atom. The van der Waals surface area contributed by atoms with Gasteiger partial charge in [-0.1, -0.05) is 25.1 Å². The van der Waals surface area contributed by atoms with Gasteiger partial charge in [0.25, 0.3) is 0 Å². The number of carbonyl (C=O) groups is 1. The molecule has 0 radical (unpaired) electrons. The zero-order chi connectivity index (χ0) is 15.9. The van der Waals surface area contributed by atoms with Gasteiger partial charge in [0.05, 0.1) is 12.8 Å². The van der Waals surface area contributed by atoms with Gasteiger partial charge < -0.3 is 9.47 Å². The molecule has 0 aliphatic heterocycles. The minimum absolute atomic E-state index is 0.0607. The van der Waals surface area contributed by atoms with E-state index in [0.29, 0.717) is 6.42 Å². The second kappa shape index (κ2) is 7.47. The third-order valence-corrected chi connectivity index (χ3v) is 2.21. The molecule has 0 amide bonds. The van der Waals surface area contributed by atoms with Crippen molar-refractivity contribution in [2.75, 3.05) is 7.11 Å². The minimum atomic E-state index is -4.84. The van der Waals surface area contributed by atoms with E-state index in [0.717, 1.165) is 7.11 Å². The van der Waals surface area contributed by atoms with Crippen LogP contribution >= 0.6 is 0 Å². The van der Waals surface area contributed by atoms with Crippen LogP contribution in [0.15, 0.2) is 47.2 Å². The van der Waals surface area contributed by atoms with E-state index in [1.54, 1.807) is 13.0 Å². The number of alkyl halides is 3. The summed E-state index contributed by atoms with van der Waals surface area (Å²) in [7, 11) is 1.05. The highest BCUT2D eigenvalue weighted by atomic mass is 19.4. The molecule has 0 atom stereocenters. The summed E-state index contributed by atoms with van der Waals surface area (Å²) < 4.78 is 47.8. The molecule has 21 heavy (non-hydrogen) atoms. The number of ether oxygens (including phenoxy) is 2. The maximum Gasteiger partial charge on any atom is 0.468 e. The van der Waals surface area contributed by atoms with E-state index in [1.165, 1.54) is 30.3 Å². The van der Waals surface area contributed by atoms with E-state index in [9.17, 15) is 18.0 Å². The molecule has 0 aliphatic rings. The molecule has 0 spiro atoms. The highest BCUT2D eigenvalue weighted by Gasteiger charge is 2.40. The van der Waals surface area contributed by atoms with Crippen molar-refractivity contribution in [3.63, 3.8) is 0 Å². The Morgan fingerprint density at radius 2 is 1.90 bits per heavy atom. The number of hydrogen-bond acceptors (Lipinski definition) is 4. The number of hydrogen-bond donors (Lipinski definition) is 0. The van der Waals surface area contributed by atoms with Crippen molar-refractivity contribution in [3.8, 4) is 0 Å². The first-order valence-electron chi connectivity index (χ1n) is 6.05. The minimum Gasteiger partial charge on any atom is -0.463 e. The van der Waals surface area contributed by atoms with E-state index in [2.05, 4.69) is 14.5 Å². The number of esters is 1. The SMILES string of the molecule is CC/C=C(/OC(=Nc1ccccc1)C(F)(F)F)C(=O)OC. The van der Waals surface area contributed by atoms with Gasteiger partial charge in [0.15, 0.2) is 0 Å². The summed E-state index contributed by atoms with van der Waals surface area (Å²) in [4.78, 5) is 14.8. The number of carbonyl (C=O) groups excluding carboxylic acids is 1. The monoisotopic (exact) mass is 301 g/mol. The summed E-state index contributed by atoms with van der Waals surface area (Å²) in [5, 5.41) is 0. The van der Waals surface area contributed by atoms with Crippen molar-refractivity contribution in [3.05, 3.63) is 42.2 Å². The molecule has 114 valence electrons. The van der Waals surface area contributed by atoms with Crippen molar-refractivity contribution in [1.82, 2.24) is 0 Å². The molecule has 0 N–H and O–H groups in total. The topological polar surface area (TPSA) is 47.9 Å². The smallest absolute Gasteiger partial charge is 0.463 e. The summed E-state index contributed by atoms with van der Waals surface area (Å²) >= 11 is 0. The van der Waals surface area contributed by atoms with Crippen LogP contribution in [-0.4, -0.2) is 25.2 Å². The Balaban J connectivity index is 3.13. The zero-order valence-electron chi connectivity index (χ0n) is 11.5. The molecule has 1 aromatic rings. The van der Waals surface area contributed by atoms with Crippen LogP contribution in [0.3, 0.4) is 0 Å². The van der Waals surface area contributed by atoms with E-state index in [4.69, 9.17) is 0 Å². The van der Waals surface area contributed by atoms with Crippen LogP contribution in [0.4, 0.5) is 18.9 Å². The van der Waals surface area contributed by atoms with Gasteiger partial charge in [-0.25, -0.2) is 9.79 Å². The fourth-order valence-electron chi connectivity index (χ4n) is 1.32. The first-order chi connectivity index (χ1) is 9.88. The number of benzene rings is 1. The molecule has 0 unspecified atom stereocenters. The van der Waals surface area contributed by atoms with Gasteiger partial charge in [-0.3, -0.25) is 0 Å². The largest absolute Gasteiger partial charge is 0.468 e. The lowest BCUT2D eigenvalue weighted by molar-refractivity contribution is -0.139. The van der Waals surface area contributed by atoms with Gasteiger partial charge in [0, 0.05) is 0 Å². The lowest BCUT2D eigenvalue weighted by Crippen LogP contribution is -2.27. The Bertz CT molecular complexity index is 536. The second-order valence-corrected chi connectivity index (χ2v) is 3.82. The average molecular weight is 301 g/mol. The molecule has 0 bridgehead atoms. The normalized spacial score (nSPS) is 13.0. The number of para-hydroxylation sites is 1. The Labute approximate surface area is 119 Å². The van der Waals surface area contributed by atoms with Gasteiger partial charge in [0.1, 0.15) is 0 Å². The molecule has 7 heteroatoms. The first-order valence-corrected chi connectivity index (χ1v) is 6.05. The van der Waals surface area contributed by atoms with E-state index in [1.807, 2.05) is 0 Å². The van der Waals surface area contributed by atoms with Gasteiger partial charge >= 0.3 is 18.0 Å².